The van der Waals surface area contributed by atoms with Gasteiger partial charge in [0.05, 0.1) is 5.69 Å². The molecular formula is C12H20FN3. The Bertz CT molecular complexity index is 339. The number of nitrogens with two attached hydrogens (primary N) is 1. The molecule has 3 nitrogen and oxygen atoms in total. The Morgan fingerprint density at radius 1 is 1.19 bits per heavy atom. The second-order valence-electron chi connectivity index (χ2n) is 4.18. The van der Waals surface area contributed by atoms with Crippen molar-refractivity contribution < 1.29 is 4.39 Å². The van der Waals surface area contributed by atoms with Gasteiger partial charge in [-0.15, -0.1) is 0 Å². The van der Waals surface area contributed by atoms with Gasteiger partial charge in [0, 0.05) is 26.7 Å². The molecule has 0 unspecified atom stereocenters. The Morgan fingerprint density at radius 2 is 1.88 bits per heavy atom. The summed E-state index contributed by atoms with van der Waals surface area (Å²) in [6, 6.07) is 5.03. The van der Waals surface area contributed by atoms with Gasteiger partial charge in [-0.05, 0) is 25.7 Å². The number of hydrogen-bond donors (Lipinski definition) is 1. The molecule has 0 radical (unpaired) electrons. The largest absolute Gasteiger partial charge is 0.371 e. The van der Waals surface area contributed by atoms with Crippen molar-refractivity contribution in [3.63, 3.8) is 0 Å². The van der Waals surface area contributed by atoms with Crippen LogP contribution in [0.5, 0.6) is 0 Å². The predicted molar refractivity (Wildman–Crippen MR) is 66.1 cm³/mol. The highest BCUT2D eigenvalue weighted by Gasteiger charge is 2.11. The molecule has 0 heterocycles. The monoisotopic (exact) mass is 225 g/mol. The van der Waals surface area contributed by atoms with Crippen LogP contribution in [-0.2, 0) is 6.54 Å². The average molecular weight is 225 g/mol. The number of anilines is 1. The maximum absolute atomic E-state index is 13.7. The Hall–Kier alpha value is -1.13. The van der Waals surface area contributed by atoms with Crippen molar-refractivity contribution in [2.24, 2.45) is 5.73 Å². The number of nitrogens with zero attached hydrogens (tertiary/aromatic N) is 2. The van der Waals surface area contributed by atoms with E-state index in [1.54, 1.807) is 6.07 Å². The first-order chi connectivity index (χ1) is 7.56. The highest BCUT2D eigenvalue weighted by Crippen LogP contribution is 2.22. The van der Waals surface area contributed by atoms with E-state index in [1.165, 1.54) is 6.07 Å². The normalized spacial score (nSPS) is 10.9. The molecule has 2 N–H and O–H groups in total. The fourth-order valence-electron chi connectivity index (χ4n) is 1.61. The number of halogens is 1. The third-order valence-electron chi connectivity index (χ3n) is 2.55. The van der Waals surface area contributed by atoms with E-state index in [1.807, 2.05) is 32.1 Å². The van der Waals surface area contributed by atoms with E-state index < -0.39 is 0 Å². The fourth-order valence-corrected chi connectivity index (χ4v) is 1.61. The summed E-state index contributed by atoms with van der Waals surface area (Å²) < 4.78 is 13.7. The minimum Gasteiger partial charge on any atom is -0.371 e. The number of hydrogen-bond acceptors (Lipinski definition) is 3. The summed E-state index contributed by atoms with van der Waals surface area (Å²) in [7, 11) is 5.89. The van der Waals surface area contributed by atoms with Crippen LogP contribution in [0.3, 0.4) is 0 Å². The van der Waals surface area contributed by atoms with Gasteiger partial charge >= 0.3 is 0 Å². The van der Waals surface area contributed by atoms with E-state index in [4.69, 9.17) is 5.73 Å². The number of benzene rings is 1. The standard InChI is InChI=1S/C12H20FN3/c1-15(2)7-8-16(3)12-10(9-14)5-4-6-11(12)13/h4-6H,7-9,14H2,1-3H3. The van der Waals surface area contributed by atoms with Gasteiger partial charge < -0.3 is 15.5 Å². The summed E-state index contributed by atoms with van der Waals surface area (Å²) in [4.78, 5) is 3.98. The third kappa shape index (κ3) is 3.18. The van der Waals surface area contributed by atoms with Crippen LogP contribution in [0.15, 0.2) is 18.2 Å². The van der Waals surface area contributed by atoms with Crippen molar-refractivity contribution >= 4 is 5.69 Å². The van der Waals surface area contributed by atoms with E-state index in [9.17, 15) is 4.39 Å². The molecule has 90 valence electrons. The van der Waals surface area contributed by atoms with E-state index in [2.05, 4.69) is 4.90 Å². The zero-order chi connectivity index (χ0) is 12.1. The van der Waals surface area contributed by atoms with Gasteiger partial charge in [0.25, 0.3) is 0 Å². The first-order valence-corrected chi connectivity index (χ1v) is 5.39. The highest BCUT2D eigenvalue weighted by molar-refractivity contribution is 5.54. The molecule has 0 saturated heterocycles. The molecule has 0 fully saturated rings. The van der Waals surface area contributed by atoms with E-state index in [0.717, 1.165) is 18.7 Å². The molecule has 1 aromatic carbocycles. The summed E-state index contributed by atoms with van der Waals surface area (Å²) in [6.07, 6.45) is 0. The lowest BCUT2D eigenvalue weighted by molar-refractivity contribution is 0.415. The number of para-hydroxylation sites is 1. The van der Waals surface area contributed by atoms with Crippen LogP contribution in [-0.4, -0.2) is 39.1 Å². The molecule has 0 saturated carbocycles. The molecule has 0 bridgehead atoms. The molecule has 1 aromatic rings. The topological polar surface area (TPSA) is 32.5 Å². The van der Waals surface area contributed by atoms with Crippen molar-refractivity contribution in [3.05, 3.63) is 29.6 Å². The Kier molecular flexibility index (Phi) is 4.71. The SMILES string of the molecule is CN(C)CCN(C)c1c(F)cccc1CN. The Morgan fingerprint density at radius 3 is 2.44 bits per heavy atom. The zero-order valence-corrected chi connectivity index (χ0v) is 10.2. The Balaban J connectivity index is 2.84. The first-order valence-electron chi connectivity index (χ1n) is 5.39. The molecule has 0 amide bonds. The van der Waals surface area contributed by atoms with Crippen LogP contribution in [0.25, 0.3) is 0 Å². The molecule has 4 heteroatoms. The van der Waals surface area contributed by atoms with Crippen LogP contribution in [0.2, 0.25) is 0 Å². The molecule has 0 spiro atoms. The van der Waals surface area contributed by atoms with Crippen molar-refractivity contribution in [1.29, 1.82) is 0 Å². The zero-order valence-electron chi connectivity index (χ0n) is 10.2. The number of likely N-dealkylation sites (N-methyl/N-ethyl adjacent to an activating group) is 2. The summed E-state index contributed by atoms with van der Waals surface area (Å²) in [5, 5.41) is 0. The van der Waals surface area contributed by atoms with Gasteiger partial charge in [-0.25, -0.2) is 4.39 Å². The molecule has 0 aromatic heterocycles. The minimum absolute atomic E-state index is 0.204. The van der Waals surface area contributed by atoms with E-state index >= 15 is 0 Å². The number of rotatable bonds is 5. The first kappa shape index (κ1) is 12.9. The highest BCUT2D eigenvalue weighted by atomic mass is 19.1. The summed E-state index contributed by atoms with van der Waals surface area (Å²) in [5.74, 6) is -0.204. The van der Waals surface area contributed by atoms with Crippen molar-refractivity contribution in [2.45, 2.75) is 6.54 Å². The maximum Gasteiger partial charge on any atom is 0.146 e. The van der Waals surface area contributed by atoms with Crippen molar-refractivity contribution in [1.82, 2.24) is 4.90 Å². The second-order valence-corrected chi connectivity index (χ2v) is 4.18. The van der Waals surface area contributed by atoms with Gasteiger partial charge in [0.1, 0.15) is 5.82 Å². The second kappa shape index (κ2) is 5.82. The van der Waals surface area contributed by atoms with Gasteiger partial charge in [0.2, 0.25) is 0 Å². The minimum atomic E-state index is -0.204. The Labute approximate surface area is 96.6 Å². The lowest BCUT2D eigenvalue weighted by atomic mass is 10.1. The van der Waals surface area contributed by atoms with Crippen LogP contribution in [0, 0.1) is 5.82 Å². The van der Waals surface area contributed by atoms with Crippen LogP contribution >= 0.6 is 0 Å². The predicted octanol–water partition coefficient (Wildman–Crippen LogP) is 1.28. The lowest BCUT2D eigenvalue weighted by Crippen LogP contribution is -2.30. The van der Waals surface area contributed by atoms with Gasteiger partial charge in [-0.1, -0.05) is 12.1 Å². The average Bonchev–Trinajstić information content (AvgIpc) is 2.25. The van der Waals surface area contributed by atoms with Crippen molar-refractivity contribution in [3.8, 4) is 0 Å². The molecule has 0 aliphatic rings. The van der Waals surface area contributed by atoms with Gasteiger partial charge in [-0.2, -0.15) is 0 Å². The summed E-state index contributed by atoms with van der Waals surface area (Å²) in [5.41, 5.74) is 7.08. The molecule has 0 aliphatic heterocycles. The quantitative estimate of drug-likeness (QED) is 0.819. The molecule has 0 aliphatic carbocycles. The van der Waals surface area contributed by atoms with Crippen molar-refractivity contribution in [2.75, 3.05) is 39.1 Å². The van der Waals surface area contributed by atoms with Gasteiger partial charge in [0.15, 0.2) is 0 Å². The van der Waals surface area contributed by atoms with E-state index in [-0.39, 0.29) is 5.82 Å². The summed E-state index contributed by atoms with van der Waals surface area (Å²) in [6.45, 7) is 2.02. The van der Waals surface area contributed by atoms with Crippen LogP contribution in [0.4, 0.5) is 10.1 Å². The smallest absolute Gasteiger partial charge is 0.146 e. The third-order valence-corrected chi connectivity index (χ3v) is 2.55. The maximum atomic E-state index is 13.7. The molecule has 0 atom stereocenters. The molecular weight excluding hydrogens is 205 g/mol. The fraction of sp³-hybridized carbons (Fsp3) is 0.500. The van der Waals surface area contributed by atoms with Crippen LogP contribution in [0.1, 0.15) is 5.56 Å². The molecule has 16 heavy (non-hydrogen) atoms. The van der Waals surface area contributed by atoms with Gasteiger partial charge in [-0.3, -0.25) is 0 Å². The summed E-state index contributed by atoms with van der Waals surface area (Å²) >= 11 is 0. The van der Waals surface area contributed by atoms with E-state index in [0.29, 0.717) is 12.2 Å². The lowest BCUT2D eigenvalue weighted by Gasteiger charge is -2.24. The van der Waals surface area contributed by atoms with Crippen LogP contribution < -0.4 is 10.6 Å². The molecule has 1 rings (SSSR count).